The van der Waals surface area contributed by atoms with E-state index in [4.69, 9.17) is 47.4 Å². The van der Waals surface area contributed by atoms with E-state index in [-0.39, 0.29) is 40.9 Å². The number of halogens is 2. The molecule has 3 aromatic rings. The van der Waals surface area contributed by atoms with Crippen molar-refractivity contribution in [3.8, 4) is 11.5 Å². The van der Waals surface area contributed by atoms with Crippen molar-refractivity contribution in [3.05, 3.63) is 44.5 Å². The molecule has 3 heterocycles. The molecule has 2 saturated carbocycles. The average Bonchev–Trinajstić information content (AvgIpc) is 3.60. The summed E-state index contributed by atoms with van der Waals surface area (Å²) >= 11 is 15.0. The first-order valence-corrected chi connectivity index (χ1v) is 18.8. The van der Waals surface area contributed by atoms with Gasteiger partial charge < -0.3 is 24.8 Å². The van der Waals surface area contributed by atoms with Crippen LogP contribution in [-0.4, -0.2) is 59.0 Å². The number of carbonyl (C=O) groups is 2. The number of carbonyl (C=O) groups excluding carboxylic acids is 2. The lowest BCUT2D eigenvalue weighted by molar-refractivity contribution is 0.0471. The van der Waals surface area contributed by atoms with Crippen molar-refractivity contribution in [2.75, 3.05) is 29.3 Å². The molecule has 270 valence electrons. The van der Waals surface area contributed by atoms with Gasteiger partial charge in [-0.05, 0) is 51.9 Å². The van der Waals surface area contributed by atoms with Gasteiger partial charge in [-0.25, -0.2) is 19.6 Å². The summed E-state index contributed by atoms with van der Waals surface area (Å²) < 4.78 is 16.6. The fourth-order valence-corrected chi connectivity index (χ4v) is 8.64. The molecule has 0 saturated heterocycles. The summed E-state index contributed by atoms with van der Waals surface area (Å²) in [6.45, 7) is 5.84. The molecule has 1 aliphatic heterocycles. The van der Waals surface area contributed by atoms with E-state index < -0.39 is 17.7 Å². The van der Waals surface area contributed by atoms with Gasteiger partial charge in [-0.3, -0.25) is 9.80 Å². The predicted molar refractivity (Wildman–Crippen MR) is 196 cm³/mol. The fraction of sp³-hybridized carbons (Fsp3) is 0.571. The molecule has 0 spiro atoms. The molecule has 2 aromatic heterocycles. The van der Waals surface area contributed by atoms with Crippen molar-refractivity contribution in [2.45, 2.75) is 103 Å². The zero-order valence-electron chi connectivity index (χ0n) is 29.1. The first kappa shape index (κ1) is 36.2. The highest BCUT2D eigenvalue weighted by atomic mass is 35.5. The van der Waals surface area contributed by atoms with Crippen molar-refractivity contribution in [2.24, 2.45) is 11.8 Å². The number of fused-ring (bicyclic) bond motifs is 1. The van der Waals surface area contributed by atoms with Crippen molar-refractivity contribution in [3.63, 3.8) is 0 Å². The number of aromatic nitrogens is 3. The number of anilines is 3. The highest BCUT2D eigenvalue weighted by Gasteiger charge is 2.39. The number of alkyl carbamates (subject to hydrolysis) is 1. The quantitative estimate of drug-likeness (QED) is 0.222. The lowest BCUT2D eigenvalue weighted by atomic mass is 9.71. The Kier molecular flexibility index (Phi) is 11.1. The van der Waals surface area contributed by atoms with Crippen molar-refractivity contribution in [1.82, 2.24) is 20.3 Å². The number of thiazole rings is 1. The molecule has 3 atom stereocenters. The lowest BCUT2D eigenvalue weighted by Gasteiger charge is -2.41. The summed E-state index contributed by atoms with van der Waals surface area (Å²) in [6, 6.07) is 0.874. The summed E-state index contributed by atoms with van der Waals surface area (Å²) in [7, 11) is 2.97. The van der Waals surface area contributed by atoms with Gasteiger partial charge in [0.1, 0.15) is 33.0 Å². The Hall–Kier alpha value is -3.55. The van der Waals surface area contributed by atoms with E-state index in [0.717, 1.165) is 19.3 Å². The van der Waals surface area contributed by atoms with E-state index in [9.17, 15) is 9.59 Å². The molecule has 12 nitrogen and oxygen atoms in total. The van der Waals surface area contributed by atoms with Gasteiger partial charge in [0.05, 0.1) is 50.2 Å². The van der Waals surface area contributed by atoms with E-state index in [1.165, 1.54) is 62.6 Å². The number of hydrogen-bond donors (Lipinski definition) is 2. The maximum atomic E-state index is 14.4. The number of ether oxygens (including phenoxy) is 3. The van der Waals surface area contributed by atoms with Crippen LogP contribution in [0.1, 0.15) is 83.4 Å². The minimum atomic E-state index is -0.612. The number of urea groups is 1. The molecule has 6 rings (SSSR count). The summed E-state index contributed by atoms with van der Waals surface area (Å²) in [5, 5.41) is 8.94. The van der Waals surface area contributed by atoms with Crippen LogP contribution in [0.2, 0.25) is 10.0 Å². The summed E-state index contributed by atoms with van der Waals surface area (Å²) in [5.41, 5.74) is 2.76. The van der Waals surface area contributed by atoms with Gasteiger partial charge in [0.25, 0.3) is 0 Å². The van der Waals surface area contributed by atoms with Gasteiger partial charge in [-0.1, -0.05) is 55.3 Å². The van der Waals surface area contributed by atoms with E-state index in [0.29, 0.717) is 46.4 Å². The lowest BCUT2D eigenvalue weighted by Crippen LogP contribution is -2.52. The third kappa shape index (κ3) is 8.00. The molecule has 15 heteroatoms. The monoisotopic (exact) mass is 745 g/mol. The van der Waals surface area contributed by atoms with Gasteiger partial charge in [-0.2, -0.15) is 4.98 Å². The minimum absolute atomic E-state index is 0.105. The predicted octanol–water partition coefficient (Wildman–Crippen LogP) is 8.46. The van der Waals surface area contributed by atoms with Gasteiger partial charge in [0.2, 0.25) is 5.95 Å². The van der Waals surface area contributed by atoms with Crippen LogP contribution in [0.15, 0.2) is 23.2 Å². The molecule has 2 aliphatic carbocycles. The molecule has 0 radical (unpaired) electrons. The number of rotatable bonds is 9. The Morgan fingerprint density at radius 2 is 1.72 bits per heavy atom. The number of hydrogen-bond acceptors (Lipinski definition) is 10. The van der Waals surface area contributed by atoms with Gasteiger partial charge >= 0.3 is 12.1 Å². The maximum absolute atomic E-state index is 14.4. The fourth-order valence-electron chi connectivity index (χ4n) is 7.39. The van der Waals surface area contributed by atoms with E-state index in [2.05, 4.69) is 15.6 Å². The Morgan fingerprint density at radius 3 is 2.36 bits per heavy atom. The second kappa shape index (κ2) is 15.4. The minimum Gasteiger partial charge on any atom is -0.495 e. The van der Waals surface area contributed by atoms with E-state index in [1.807, 2.05) is 26.2 Å². The third-order valence-corrected chi connectivity index (χ3v) is 11.1. The van der Waals surface area contributed by atoms with Crippen LogP contribution in [0.25, 0.3) is 0 Å². The van der Waals surface area contributed by atoms with Gasteiger partial charge in [0.15, 0.2) is 0 Å². The van der Waals surface area contributed by atoms with E-state index in [1.54, 1.807) is 22.7 Å². The Balaban J connectivity index is 1.33. The molecule has 0 bridgehead atoms. The maximum Gasteiger partial charge on any atom is 0.407 e. The van der Waals surface area contributed by atoms with Crippen LogP contribution in [0.3, 0.4) is 0 Å². The van der Waals surface area contributed by atoms with Crippen molar-refractivity contribution in [1.29, 1.82) is 0 Å². The molecule has 2 fully saturated rings. The van der Waals surface area contributed by atoms with Crippen LogP contribution in [-0.2, 0) is 17.8 Å². The van der Waals surface area contributed by atoms with E-state index >= 15 is 0 Å². The molecule has 1 aromatic carbocycles. The number of benzene rings is 1. The standard InChI is InChI=1S/C35H45Cl2N7O5S/c1-35(2,3)49-33(45)41-24-12-11-21(20-9-7-6-8-10-20)13-25(24)40-32-38-15-22-16-43(30-28(36)26(47-4)14-27(48-5)29(30)37)34(46)44(31(22)42-32)17-23-18-50-19-39-23/h14-15,18-21,24-25H,6-13,16-17H2,1-5H3,(H,41,45)(H,38,40,42)/t21?,24-,25+/m0/s1. The molecule has 50 heavy (non-hydrogen) atoms. The van der Waals surface area contributed by atoms with Crippen molar-refractivity contribution < 1.29 is 23.8 Å². The highest BCUT2D eigenvalue weighted by Crippen LogP contribution is 2.48. The topological polar surface area (TPSA) is 131 Å². The smallest absolute Gasteiger partial charge is 0.407 e. The van der Waals surface area contributed by atoms with Gasteiger partial charge in [0, 0.05) is 29.2 Å². The number of amides is 3. The normalized spacial score (nSPS) is 21.4. The Bertz CT molecular complexity index is 1650. The first-order valence-electron chi connectivity index (χ1n) is 17.1. The largest absolute Gasteiger partial charge is 0.495 e. The average molecular weight is 747 g/mol. The molecular weight excluding hydrogens is 701 g/mol. The number of methoxy groups -OCH3 is 2. The summed E-state index contributed by atoms with van der Waals surface area (Å²) in [4.78, 5) is 44.5. The zero-order valence-corrected chi connectivity index (χ0v) is 31.5. The highest BCUT2D eigenvalue weighted by molar-refractivity contribution is 7.07. The second-order valence-corrected chi connectivity index (χ2v) is 15.7. The molecule has 2 N–H and O–H groups in total. The number of nitrogens with zero attached hydrogens (tertiary/aromatic N) is 5. The van der Waals surface area contributed by atoms with Crippen LogP contribution in [0.4, 0.5) is 27.0 Å². The molecule has 3 aliphatic rings. The van der Waals surface area contributed by atoms with Gasteiger partial charge in [-0.15, -0.1) is 11.3 Å². The molecule has 3 amide bonds. The second-order valence-electron chi connectivity index (χ2n) is 14.2. The SMILES string of the molecule is COc1cc(OC)c(Cl)c(N2Cc3cnc(N[C@@H]4CC(C5CCCCC5)CC[C@@H]4NC(=O)OC(C)(C)C)nc3N(Cc3cscn3)C2=O)c1Cl. The summed E-state index contributed by atoms with van der Waals surface area (Å²) in [5.74, 6) is 2.67. The van der Waals surface area contributed by atoms with Crippen LogP contribution in [0.5, 0.6) is 11.5 Å². The van der Waals surface area contributed by atoms with Crippen LogP contribution >= 0.6 is 34.5 Å². The Morgan fingerprint density at radius 1 is 1.00 bits per heavy atom. The molecular formula is C35H45Cl2N7O5S. The van der Waals surface area contributed by atoms with Crippen LogP contribution < -0.4 is 29.9 Å². The van der Waals surface area contributed by atoms with Crippen LogP contribution in [0, 0.1) is 11.8 Å². The third-order valence-electron chi connectivity index (χ3n) is 9.74. The van der Waals surface area contributed by atoms with Crippen molar-refractivity contribution >= 4 is 64.1 Å². The Labute approximate surface area is 307 Å². The zero-order chi connectivity index (χ0) is 35.6. The summed E-state index contributed by atoms with van der Waals surface area (Å²) in [6.07, 6.45) is 10.3. The first-order chi connectivity index (χ1) is 24.0. The number of nitrogens with one attached hydrogen (secondary N) is 2. The molecule has 1 unspecified atom stereocenters.